The van der Waals surface area contributed by atoms with Gasteiger partial charge in [-0.05, 0) is 24.4 Å². The summed E-state index contributed by atoms with van der Waals surface area (Å²) < 4.78 is 2.00. The number of hydrogen-bond donors (Lipinski definition) is 3. The first kappa shape index (κ1) is 14.7. The van der Waals surface area contributed by atoms with E-state index in [9.17, 15) is 4.79 Å². The Labute approximate surface area is 133 Å². The van der Waals surface area contributed by atoms with Gasteiger partial charge in [0.05, 0.1) is 37.5 Å². The maximum atomic E-state index is 12.0. The molecule has 8 heteroatoms. The Morgan fingerprint density at radius 1 is 1.36 bits per heavy atom. The van der Waals surface area contributed by atoms with Gasteiger partial charge in [-0.25, -0.2) is 4.98 Å². The van der Waals surface area contributed by atoms with E-state index in [1.165, 1.54) is 0 Å². The highest BCUT2D eigenvalue weighted by Gasteiger charge is 2.15. The van der Waals surface area contributed by atoms with Crippen molar-refractivity contribution in [3.05, 3.63) is 30.1 Å². The molecule has 0 saturated carbocycles. The van der Waals surface area contributed by atoms with Crippen LogP contribution < -0.4 is 16.0 Å². The molecule has 0 radical (unpaired) electrons. The van der Waals surface area contributed by atoms with Crippen LogP contribution in [-0.4, -0.2) is 45.4 Å². The number of fused-ring (bicyclic) bond motifs is 1. The van der Waals surface area contributed by atoms with Gasteiger partial charge in [-0.15, -0.1) is 0 Å². The molecule has 1 aliphatic heterocycles. The third-order valence-corrected chi connectivity index (χ3v) is 3.91. The summed E-state index contributed by atoms with van der Waals surface area (Å²) in [6.07, 6.45) is 0. The van der Waals surface area contributed by atoms with Crippen LogP contribution in [0.2, 0.25) is 0 Å². The lowest BCUT2D eigenvalue weighted by Gasteiger charge is -2.28. The zero-order valence-electron chi connectivity index (χ0n) is 12.3. The van der Waals surface area contributed by atoms with Gasteiger partial charge in [0.15, 0.2) is 5.11 Å². The first-order valence-corrected chi connectivity index (χ1v) is 7.45. The number of nitrogens with zero attached hydrogens (tertiary/aromatic N) is 3. The number of benzene rings is 1. The summed E-state index contributed by atoms with van der Waals surface area (Å²) in [4.78, 5) is 18.5. The molecule has 2 aromatic rings. The molecule has 1 aliphatic rings. The second-order valence-electron chi connectivity index (χ2n) is 5.18. The monoisotopic (exact) mass is 318 g/mol. The topological polar surface area (TPSA) is 74.2 Å². The Morgan fingerprint density at radius 2 is 2.09 bits per heavy atom. The summed E-state index contributed by atoms with van der Waals surface area (Å²) in [6.45, 7) is 1.88. The Hall–Kier alpha value is -2.19. The molecule has 0 unspecified atom stereocenters. The van der Waals surface area contributed by atoms with E-state index >= 15 is 0 Å². The molecule has 1 amide bonds. The maximum absolute atomic E-state index is 12.0. The molecule has 0 aliphatic carbocycles. The van der Waals surface area contributed by atoms with Crippen molar-refractivity contribution in [2.24, 2.45) is 7.05 Å². The summed E-state index contributed by atoms with van der Waals surface area (Å²) in [5.74, 6) is 0.800. The quantitative estimate of drug-likeness (QED) is 0.683. The van der Waals surface area contributed by atoms with Crippen molar-refractivity contribution in [3.8, 4) is 0 Å². The van der Waals surface area contributed by atoms with E-state index in [-0.39, 0.29) is 5.91 Å². The lowest BCUT2D eigenvalue weighted by atomic mass is 10.3. The third-order valence-electron chi connectivity index (χ3n) is 3.62. The number of carbonyl (C=O) groups excluding carboxylic acids is 1. The first-order valence-electron chi connectivity index (χ1n) is 7.04. The molecule has 3 rings (SSSR count). The minimum atomic E-state index is -0.0384. The first-order chi connectivity index (χ1) is 10.6. The van der Waals surface area contributed by atoms with E-state index in [2.05, 4.69) is 20.9 Å². The summed E-state index contributed by atoms with van der Waals surface area (Å²) in [5.41, 5.74) is 2.00. The maximum Gasteiger partial charge on any atom is 0.234 e. The van der Waals surface area contributed by atoms with E-state index in [1.54, 1.807) is 0 Å². The number of nitrogens with one attached hydrogen (secondary N) is 3. The molecule has 7 nitrogen and oxygen atoms in total. The summed E-state index contributed by atoms with van der Waals surface area (Å²) in [7, 11) is 1.95. The van der Waals surface area contributed by atoms with Gasteiger partial charge in [-0.2, -0.15) is 0 Å². The highest BCUT2D eigenvalue weighted by molar-refractivity contribution is 7.80. The Kier molecular flexibility index (Phi) is 4.21. The van der Waals surface area contributed by atoms with E-state index < -0.39 is 0 Å². The van der Waals surface area contributed by atoms with Gasteiger partial charge in [0.2, 0.25) is 5.91 Å². The molecule has 1 aromatic heterocycles. The molecule has 22 heavy (non-hydrogen) atoms. The van der Waals surface area contributed by atoms with Crippen LogP contribution >= 0.6 is 12.2 Å². The zero-order chi connectivity index (χ0) is 15.5. The number of hydrogen-bond acceptors (Lipinski definition) is 4. The molecule has 116 valence electrons. The number of thiocarbonyl (C=S) groups is 1. The minimum absolute atomic E-state index is 0.0384. The fourth-order valence-electron chi connectivity index (χ4n) is 2.39. The van der Waals surface area contributed by atoms with Gasteiger partial charge in [-0.3, -0.25) is 9.69 Å². The molecule has 2 heterocycles. The van der Waals surface area contributed by atoms with Crippen molar-refractivity contribution in [2.45, 2.75) is 6.54 Å². The molecule has 0 bridgehead atoms. The number of carbonyl (C=O) groups is 1. The molecular formula is C14H18N6OS. The van der Waals surface area contributed by atoms with E-state index in [1.807, 2.05) is 40.8 Å². The predicted molar refractivity (Wildman–Crippen MR) is 87.9 cm³/mol. The van der Waals surface area contributed by atoms with Crippen molar-refractivity contribution in [1.29, 1.82) is 0 Å². The number of para-hydroxylation sites is 2. The van der Waals surface area contributed by atoms with Crippen LogP contribution in [0.4, 0.5) is 0 Å². The van der Waals surface area contributed by atoms with Gasteiger partial charge >= 0.3 is 0 Å². The molecule has 1 fully saturated rings. The fourth-order valence-corrected chi connectivity index (χ4v) is 2.52. The summed E-state index contributed by atoms with van der Waals surface area (Å²) in [6, 6.07) is 7.92. The second-order valence-corrected chi connectivity index (χ2v) is 5.59. The van der Waals surface area contributed by atoms with Gasteiger partial charge in [0.25, 0.3) is 0 Å². The zero-order valence-corrected chi connectivity index (χ0v) is 13.1. The number of aryl methyl sites for hydroxylation is 1. The van der Waals surface area contributed by atoms with Crippen LogP contribution in [0.1, 0.15) is 5.82 Å². The number of aromatic nitrogens is 2. The van der Waals surface area contributed by atoms with Crippen LogP contribution in [0.5, 0.6) is 0 Å². The van der Waals surface area contributed by atoms with Crippen molar-refractivity contribution in [1.82, 2.24) is 30.4 Å². The average molecular weight is 318 g/mol. The minimum Gasteiger partial charge on any atom is -0.350 e. The molecule has 0 spiro atoms. The van der Waals surface area contributed by atoms with E-state index in [4.69, 9.17) is 12.2 Å². The van der Waals surface area contributed by atoms with Gasteiger partial charge in [0, 0.05) is 7.05 Å². The molecule has 1 saturated heterocycles. The number of rotatable bonds is 4. The Bertz CT molecular complexity index is 702. The predicted octanol–water partition coefficient (Wildman–Crippen LogP) is -0.116. The standard InChI is InChI=1S/C14H18N6OS/c1-19-11-5-3-2-4-10(11)18-12(19)6-15-13(21)7-20-8-16-14(22)17-9-20/h2-5H,6-9H2,1H3,(H,15,21)(H2,16,17,22). The molecular weight excluding hydrogens is 300 g/mol. The van der Waals surface area contributed by atoms with Crippen molar-refractivity contribution < 1.29 is 4.79 Å². The van der Waals surface area contributed by atoms with Gasteiger partial charge in [0.1, 0.15) is 5.82 Å². The van der Waals surface area contributed by atoms with E-state index in [0.717, 1.165) is 16.9 Å². The molecule has 1 aromatic carbocycles. The van der Waals surface area contributed by atoms with Crippen LogP contribution in [0.15, 0.2) is 24.3 Å². The van der Waals surface area contributed by atoms with E-state index in [0.29, 0.717) is 31.5 Å². The van der Waals surface area contributed by atoms with Crippen molar-refractivity contribution >= 4 is 34.3 Å². The summed E-state index contributed by atoms with van der Waals surface area (Å²) >= 11 is 4.97. The lowest BCUT2D eigenvalue weighted by Crippen LogP contribution is -2.55. The van der Waals surface area contributed by atoms with Crippen LogP contribution in [0.25, 0.3) is 11.0 Å². The smallest absolute Gasteiger partial charge is 0.234 e. The normalized spacial score (nSPS) is 15.4. The van der Waals surface area contributed by atoms with Gasteiger partial charge in [-0.1, -0.05) is 12.1 Å². The van der Waals surface area contributed by atoms with Crippen LogP contribution in [-0.2, 0) is 18.4 Å². The SMILES string of the molecule is Cn1c(CNC(=O)CN2CNC(=S)NC2)nc2ccccc21. The van der Waals surface area contributed by atoms with Gasteiger partial charge < -0.3 is 20.5 Å². The molecule has 3 N–H and O–H groups in total. The Balaban J connectivity index is 1.56. The Morgan fingerprint density at radius 3 is 2.82 bits per heavy atom. The number of imidazole rings is 1. The van der Waals surface area contributed by atoms with Crippen molar-refractivity contribution in [2.75, 3.05) is 19.9 Å². The number of amides is 1. The highest BCUT2D eigenvalue weighted by Crippen LogP contribution is 2.13. The lowest BCUT2D eigenvalue weighted by molar-refractivity contribution is -0.122. The molecule has 0 atom stereocenters. The highest BCUT2D eigenvalue weighted by atomic mass is 32.1. The van der Waals surface area contributed by atoms with Crippen LogP contribution in [0, 0.1) is 0 Å². The largest absolute Gasteiger partial charge is 0.350 e. The van der Waals surface area contributed by atoms with Crippen LogP contribution in [0.3, 0.4) is 0 Å². The fraction of sp³-hybridized carbons (Fsp3) is 0.357. The summed E-state index contributed by atoms with van der Waals surface area (Å²) in [5, 5.41) is 9.50. The van der Waals surface area contributed by atoms with Crippen molar-refractivity contribution in [3.63, 3.8) is 0 Å². The average Bonchev–Trinajstić information content (AvgIpc) is 2.84. The third kappa shape index (κ3) is 3.18. The second kappa shape index (κ2) is 6.29.